The van der Waals surface area contributed by atoms with Gasteiger partial charge in [-0.15, -0.1) is 0 Å². The molecule has 6 nitrogen and oxygen atoms in total. The lowest BCUT2D eigenvalue weighted by Crippen LogP contribution is -2.30. The highest BCUT2D eigenvalue weighted by atomic mass is 16.1. The van der Waals surface area contributed by atoms with E-state index in [0.29, 0.717) is 13.1 Å². The number of hydrogen-bond donors (Lipinski definition) is 3. The molecular formula is C24H23N5O. The van der Waals surface area contributed by atoms with Crippen molar-refractivity contribution in [1.29, 1.82) is 0 Å². The van der Waals surface area contributed by atoms with E-state index < -0.39 is 0 Å². The number of carbonyl (C=O) groups is 1. The SMILES string of the molecule is NCC(=O)NCc1nccc2nc(-c3ccc(CN)cc3)c(-c3ccccc3)cc12. The molecule has 0 aliphatic heterocycles. The highest BCUT2D eigenvalue weighted by Gasteiger charge is 2.14. The van der Waals surface area contributed by atoms with Crippen molar-refractivity contribution in [2.45, 2.75) is 13.1 Å². The van der Waals surface area contributed by atoms with Crippen LogP contribution in [0.5, 0.6) is 0 Å². The first-order valence-corrected chi connectivity index (χ1v) is 9.80. The van der Waals surface area contributed by atoms with Crippen LogP contribution in [0.15, 0.2) is 72.9 Å². The number of aromatic nitrogens is 2. The lowest BCUT2D eigenvalue weighted by atomic mass is 9.96. The van der Waals surface area contributed by atoms with Gasteiger partial charge in [0.15, 0.2) is 0 Å². The summed E-state index contributed by atoms with van der Waals surface area (Å²) in [6.07, 6.45) is 1.71. The maximum Gasteiger partial charge on any atom is 0.234 e. The second-order valence-corrected chi connectivity index (χ2v) is 6.96. The molecule has 0 bridgehead atoms. The molecule has 0 atom stereocenters. The van der Waals surface area contributed by atoms with Gasteiger partial charge in [0.2, 0.25) is 5.91 Å². The molecule has 0 spiro atoms. The number of nitrogens with two attached hydrogens (primary N) is 2. The molecule has 4 aromatic rings. The summed E-state index contributed by atoms with van der Waals surface area (Å²) in [6.45, 7) is 0.746. The summed E-state index contributed by atoms with van der Waals surface area (Å²) in [5, 5.41) is 3.69. The fraction of sp³-hybridized carbons (Fsp3) is 0.125. The van der Waals surface area contributed by atoms with Crippen LogP contribution >= 0.6 is 0 Å². The Hall–Kier alpha value is -3.61. The van der Waals surface area contributed by atoms with Crippen molar-refractivity contribution in [1.82, 2.24) is 15.3 Å². The summed E-state index contributed by atoms with van der Waals surface area (Å²) in [5.74, 6) is -0.221. The zero-order chi connectivity index (χ0) is 20.9. The number of carbonyl (C=O) groups excluding carboxylic acids is 1. The van der Waals surface area contributed by atoms with Gasteiger partial charge in [0.05, 0.1) is 30.0 Å². The molecule has 150 valence electrons. The number of fused-ring (bicyclic) bond motifs is 1. The van der Waals surface area contributed by atoms with Gasteiger partial charge in [-0.2, -0.15) is 0 Å². The number of nitrogens with one attached hydrogen (secondary N) is 1. The molecule has 0 saturated carbocycles. The average molecular weight is 397 g/mol. The van der Waals surface area contributed by atoms with E-state index in [1.807, 2.05) is 48.5 Å². The van der Waals surface area contributed by atoms with Crippen molar-refractivity contribution in [2.24, 2.45) is 11.5 Å². The summed E-state index contributed by atoms with van der Waals surface area (Å²) in [5.41, 5.74) is 17.8. The smallest absolute Gasteiger partial charge is 0.234 e. The third-order valence-electron chi connectivity index (χ3n) is 5.01. The van der Waals surface area contributed by atoms with E-state index in [1.54, 1.807) is 6.20 Å². The summed E-state index contributed by atoms with van der Waals surface area (Å²) < 4.78 is 0. The zero-order valence-corrected chi connectivity index (χ0v) is 16.5. The summed E-state index contributed by atoms with van der Waals surface area (Å²) in [7, 11) is 0. The molecule has 30 heavy (non-hydrogen) atoms. The van der Waals surface area contributed by atoms with Gasteiger partial charge in [0.1, 0.15) is 0 Å². The van der Waals surface area contributed by atoms with Gasteiger partial charge in [0, 0.05) is 29.3 Å². The van der Waals surface area contributed by atoms with Gasteiger partial charge in [-0.05, 0) is 23.3 Å². The number of pyridine rings is 2. The minimum atomic E-state index is -0.221. The number of hydrogen-bond acceptors (Lipinski definition) is 5. The lowest BCUT2D eigenvalue weighted by Gasteiger charge is -2.14. The van der Waals surface area contributed by atoms with E-state index in [-0.39, 0.29) is 12.5 Å². The van der Waals surface area contributed by atoms with Gasteiger partial charge in [0.25, 0.3) is 0 Å². The summed E-state index contributed by atoms with van der Waals surface area (Å²) >= 11 is 0. The van der Waals surface area contributed by atoms with Gasteiger partial charge in [-0.3, -0.25) is 9.78 Å². The normalized spacial score (nSPS) is 10.9. The molecule has 0 unspecified atom stereocenters. The quantitative estimate of drug-likeness (QED) is 0.464. The van der Waals surface area contributed by atoms with Crippen molar-refractivity contribution >= 4 is 16.8 Å². The van der Waals surface area contributed by atoms with E-state index in [4.69, 9.17) is 16.5 Å². The Labute approximate surface area is 175 Å². The van der Waals surface area contributed by atoms with Crippen molar-refractivity contribution in [2.75, 3.05) is 6.54 Å². The van der Waals surface area contributed by atoms with Gasteiger partial charge >= 0.3 is 0 Å². The molecule has 0 saturated heterocycles. The number of nitrogens with zero attached hydrogens (tertiary/aromatic N) is 2. The maximum atomic E-state index is 11.6. The van der Waals surface area contributed by atoms with Crippen LogP contribution < -0.4 is 16.8 Å². The fourth-order valence-electron chi connectivity index (χ4n) is 3.40. The topological polar surface area (TPSA) is 107 Å². The molecule has 1 amide bonds. The Balaban J connectivity index is 1.89. The van der Waals surface area contributed by atoms with Crippen LogP contribution in [0.3, 0.4) is 0 Å². The number of benzene rings is 2. The highest BCUT2D eigenvalue weighted by Crippen LogP contribution is 2.34. The lowest BCUT2D eigenvalue weighted by molar-refractivity contribution is -0.119. The van der Waals surface area contributed by atoms with Crippen molar-refractivity contribution in [3.63, 3.8) is 0 Å². The average Bonchev–Trinajstić information content (AvgIpc) is 2.82. The first-order valence-electron chi connectivity index (χ1n) is 9.80. The third-order valence-corrected chi connectivity index (χ3v) is 5.01. The van der Waals surface area contributed by atoms with Crippen LogP contribution in [0.4, 0.5) is 0 Å². The van der Waals surface area contributed by atoms with E-state index in [0.717, 1.165) is 44.5 Å². The van der Waals surface area contributed by atoms with E-state index >= 15 is 0 Å². The van der Waals surface area contributed by atoms with Gasteiger partial charge in [-0.25, -0.2) is 4.98 Å². The van der Waals surface area contributed by atoms with Crippen LogP contribution in [0.25, 0.3) is 33.3 Å². The standard InChI is InChI=1S/C24H23N5O/c25-13-16-6-8-18(9-7-16)24-19(17-4-2-1-3-5-17)12-20-21(29-24)10-11-27-22(20)15-28-23(30)14-26/h1-12H,13-15,25-26H2,(H,28,30). The molecular weight excluding hydrogens is 374 g/mol. The van der Waals surface area contributed by atoms with Crippen LogP contribution in [0.1, 0.15) is 11.3 Å². The zero-order valence-electron chi connectivity index (χ0n) is 16.5. The Morgan fingerprint density at radius 2 is 1.70 bits per heavy atom. The fourth-order valence-corrected chi connectivity index (χ4v) is 3.40. The second-order valence-electron chi connectivity index (χ2n) is 6.96. The molecule has 0 fully saturated rings. The third kappa shape index (κ3) is 4.05. The van der Waals surface area contributed by atoms with E-state index in [1.165, 1.54) is 0 Å². The summed E-state index contributed by atoms with van der Waals surface area (Å²) in [4.78, 5) is 21.1. The van der Waals surface area contributed by atoms with Crippen LogP contribution in [-0.2, 0) is 17.9 Å². The Kier molecular flexibility index (Phi) is 5.79. The molecule has 6 heteroatoms. The predicted molar refractivity (Wildman–Crippen MR) is 119 cm³/mol. The molecule has 2 heterocycles. The van der Waals surface area contributed by atoms with Crippen LogP contribution in [0.2, 0.25) is 0 Å². The second kappa shape index (κ2) is 8.82. The molecule has 2 aromatic heterocycles. The Morgan fingerprint density at radius 1 is 0.933 bits per heavy atom. The molecule has 0 aliphatic carbocycles. The van der Waals surface area contributed by atoms with E-state index in [9.17, 15) is 4.79 Å². The first kappa shape index (κ1) is 19.7. The Bertz CT molecular complexity index is 1170. The minimum absolute atomic E-state index is 0.0543. The number of rotatable bonds is 6. The number of amides is 1. The first-order chi connectivity index (χ1) is 14.7. The minimum Gasteiger partial charge on any atom is -0.349 e. The largest absolute Gasteiger partial charge is 0.349 e. The van der Waals surface area contributed by atoms with Crippen LogP contribution in [0, 0.1) is 0 Å². The molecule has 0 aliphatic rings. The Morgan fingerprint density at radius 3 is 2.40 bits per heavy atom. The van der Waals surface area contributed by atoms with E-state index in [2.05, 4.69) is 28.5 Å². The summed E-state index contributed by atoms with van der Waals surface area (Å²) in [6, 6.07) is 22.3. The highest BCUT2D eigenvalue weighted by molar-refractivity contribution is 5.92. The van der Waals surface area contributed by atoms with Gasteiger partial charge < -0.3 is 16.8 Å². The maximum absolute atomic E-state index is 11.6. The molecule has 2 aromatic carbocycles. The van der Waals surface area contributed by atoms with Crippen LogP contribution in [-0.4, -0.2) is 22.4 Å². The monoisotopic (exact) mass is 397 g/mol. The molecule has 0 radical (unpaired) electrons. The van der Waals surface area contributed by atoms with Crippen molar-refractivity contribution < 1.29 is 4.79 Å². The van der Waals surface area contributed by atoms with Crippen molar-refractivity contribution in [3.8, 4) is 22.4 Å². The van der Waals surface area contributed by atoms with Crippen molar-refractivity contribution in [3.05, 3.63) is 84.2 Å². The molecule has 4 rings (SSSR count). The molecule has 5 N–H and O–H groups in total. The predicted octanol–water partition coefficient (Wildman–Crippen LogP) is 3.00. The van der Waals surface area contributed by atoms with Gasteiger partial charge in [-0.1, -0.05) is 54.6 Å².